The second-order valence-corrected chi connectivity index (χ2v) is 7.73. The normalized spacial score (nSPS) is 13.6. The number of urea groups is 1. The number of anilines is 2. The number of carbonyl (C=O) groups excluding carboxylic acids is 1. The minimum Gasteiger partial charge on any atom is -0.392 e. The van der Waals surface area contributed by atoms with Gasteiger partial charge in [-0.1, -0.05) is 18.1 Å². The lowest BCUT2D eigenvalue weighted by molar-refractivity contribution is 0.262. The van der Waals surface area contributed by atoms with Crippen LogP contribution in [-0.4, -0.2) is 34.2 Å². The van der Waals surface area contributed by atoms with Gasteiger partial charge >= 0.3 is 6.03 Å². The molecule has 1 aromatic carbocycles. The van der Waals surface area contributed by atoms with E-state index in [1.54, 1.807) is 18.3 Å². The van der Waals surface area contributed by atoms with Gasteiger partial charge in [0.05, 0.1) is 12.3 Å². The maximum atomic E-state index is 13.4. The van der Waals surface area contributed by atoms with Crippen LogP contribution < -0.4 is 16.0 Å². The maximum Gasteiger partial charge on any atom is 0.323 e. The van der Waals surface area contributed by atoms with Crippen LogP contribution >= 0.6 is 0 Å². The second kappa shape index (κ2) is 10.7. The molecule has 2 amide bonds. The van der Waals surface area contributed by atoms with Gasteiger partial charge in [-0.2, -0.15) is 4.39 Å². The van der Waals surface area contributed by atoms with Crippen LogP contribution in [0.25, 0.3) is 0 Å². The predicted molar refractivity (Wildman–Crippen MR) is 124 cm³/mol. The predicted octanol–water partition coefficient (Wildman–Crippen LogP) is 3.62. The van der Waals surface area contributed by atoms with Crippen molar-refractivity contribution < 1.29 is 14.3 Å². The van der Waals surface area contributed by atoms with E-state index in [1.165, 1.54) is 11.8 Å². The fraction of sp³-hybridized carbons (Fsp3) is 0.240. The summed E-state index contributed by atoms with van der Waals surface area (Å²) in [5, 5.41) is 17.9. The van der Waals surface area contributed by atoms with Gasteiger partial charge in [0.25, 0.3) is 0 Å². The van der Waals surface area contributed by atoms with E-state index >= 15 is 0 Å². The first-order valence-corrected chi connectivity index (χ1v) is 10.7. The monoisotopic (exact) mass is 445 g/mol. The van der Waals surface area contributed by atoms with E-state index in [-0.39, 0.29) is 12.3 Å². The number of piperidine rings is 1. The van der Waals surface area contributed by atoms with Crippen molar-refractivity contribution in [3.63, 3.8) is 0 Å². The molecule has 1 aliphatic rings. The summed E-state index contributed by atoms with van der Waals surface area (Å²) in [4.78, 5) is 20.1. The van der Waals surface area contributed by atoms with Gasteiger partial charge < -0.3 is 21.1 Å². The minimum atomic E-state index is -0.756. The van der Waals surface area contributed by atoms with Crippen LogP contribution in [-0.2, 0) is 6.61 Å². The first kappa shape index (κ1) is 22.4. The smallest absolute Gasteiger partial charge is 0.323 e. The van der Waals surface area contributed by atoms with Crippen LogP contribution in [0.2, 0.25) is 0 Å². The van der Waals surface area contributed by atoms with Gasteiger partial charge in [0, 0.05) is 35.3 Å². The van der Waals surface area contributed by atoms with Crippen molar-refractivity contribution in [2.75, 3.05) is 23.7 Å². The lowest BCUT2D eigenvalue weighted by Gasteiger charge is -2.23. The fourth-order valence-electron chi connectivity index (χ4n) is 3.72. The second-order valence-electron chi connectivity index (χ2n) is 7.73. The van der Waals surface area contributed by atoms with E-state index in [4.69, 9.17) is 0 Å². The number of benzene rings is 1. The van der Waals surface area contributed by atoms with E-state index in [9.17, 15) is 14.3 Å². The number of hydrogen-bond donors (Lipinski definition) is 4. The van der Waals surface area contributed by atoms with E-state index in [0.29, 0.717) is 22.9 Å². The molecule has 2 aromatic heterocycles. The Hall–Kier alpha value is -3.80. The molecule has 168 valence electrons. The molecule has 1 aliphatic heterocycles. The molecule has 0 unspecified atom stereocenters. The van der Waals surface area contributed by atoms with E-state index in [0.717, 1.165) is 37.6 Å². The first-order chi connectivity index (χ1) is 16.1. The Kier molecular flexibility index (Phi) is 7.25. The van der Waals surface area contributed by atoms with Gasteiger partial charge in [-0.05, 0) is 67.6 Å². The third-order valence-corrected chi connectivity index (χ3v) is 5.42. The molecule has 0 spiro atoms. The van der Waals surface area contributed by atoms with E-state index in [2.05, 4.69) is 49.9 Å². The van der Waals surface area contributed by atoms with E-state index < -0.39 is 12.0 Å². The van der Waals surface area contributed by atoms with Crippen molar-refractivity contribution in [3.05, 3.63) is 83.2 Å². The number of aliphatic hydroxyl groups is 1. The Balaban J connectivity index is 1.43. The molecule has 8 heteroatoms. The third-order valence-electron chi connectivity index (χ3n) is 5.42. The van der Waals surface area contributed by atoms with Crippen LogP contribution in [0.5, 0.6) is 0 Å². The number of hydrogen-bond acceptors (Lipinski definition) is 5. The number of halogens is 1. The number of nitrogens with zero attached hydrogens (tertiary/aromatic N) is 2. The maximum absolute atomic E-state index is 13.4. The highest BCUT2D eigenvalue weighted by Gasteiger charge is 2.15. The van der Waals surface area contributed by atoms with Gasteiger partial charge in [-0.15, -0.1) is 0 Å². The zero-order valence-electron chi connectivity index (χ0n) is 17.9. The van der Waals surface area contributed by atoms with Gasteiger partial charge in [0.15, 0.2) is 0 Å². The van der Waals surface area contributed by atoms with E-state index in [1.807, 2.05) is 12.1 Å². The molecule has 33 heavy (non-hydrogen) atoms. The summed E-state index contributed by atoms with van der Waals surface area (Å²) in [6.45, 7) is 1.70. The third kappa shape index (κ3) is 6.13. The summed E-state index contributed by atoms with van der Waals surface area (Å²) < 4.78 is 13.4. The molecule has 0 bridgehead atoms. The van der Waals surface area contributed by atoms with Crippen molar-refractivity contribution in [3.8, 4) is 11.8 Å². The molecule has 3 aromatic rings. The lowest BCUT2D eigenvalue weighted by atomic mass is 9.89. The molecule has 4 rings (SSSR count). The molecule has 3 heterocycles. The molecule has 0 atom stereocenters. The molecule has 0 saturated carbocycles. The summed E-state index contributed by atoms with van der Waals surface area (Å²) in [6, 6.07) is 12.0. The van der Waals surface area contributed by atoms with Crippen LogP contribution in [0.1, 0.15) is 41.1 Å². The molecule has 0 aliphatic carbocycles. The van der Waals surface area contributed by atoms with Gasteiger partial charge in [0.2, 0.25) is 5.95 Å². The highest BCUT2D eigenvalue weighted by molar-refractivity contribution is 6.00. The SMILES string of the molecule is O=C(Nc1ccnc(C#Cc2cccc(C3CCNCC3)c2)c1)Nc1cc(F)ncc1CO. The molecule has 7 nitrogen and oxygen atoms in total. The largest absolute Gasteiger partial charge is 0.392 e. The first-order valence-electron chi connectivity index (χ1n) is 10.7. The summed E-state index contributed by atoms with van der Waals surface area (Å²) in [7, 11) is 0. The van der Waals surface area contributed by atoms with Crippen molar-refractivity contribution in [2.24, 2.45) is 0 Å². The van der Waals surface area contributed by atoms with Gasteiger partial charge in [-0.3, -0.25) is 0 Å². The van der Waals surface area contributed by atoms with Crippen molar-refractivity contribution in [1.29, 1.82) is 0 Å². The van der Waals surface area contributed by atoms with Crippen LogP contribution in [0.15, 0.2) is 54.9 Å². The quantitative estimate of drug-likeness (QED) is 0.363. The van der Waals surface area contributed by atoms with Crippen LogP contribution in [0, 0.1) is 17.8 Å². The molecule has 1 saturated heterocycles. The van der Waals surface area contributed by atoms with Crippen molar-refractivity contribution in [1.82, 2.24) is 15.3 Å². The highest BCUT2D eigenvalue weighted by atomic mass is 19.1. The van der Waals surface area contributed by atoms with Crippen LogP contribution in [0.3, 0.4) is 0 Å². The average molecular weight is 445 g/mol. The number of aromatic nitrogens is 2. The Bertz CT molecular complexity index is 1200. The van der Waals surface area contributed by atoms with Gasteiger partial charge in [-0.25, -0.2) is 14.8 Å². The fourth-order valence-corrected chi connectivity index (χ4v) is 3.72. The Morgan fingerprint density at radius 2 is 1.97 bits per heavy atom. The lowest BCUT2D eigenvalue weighted by Crippen LogP contribution is -2.26. The van der Waals surface area contributed by atoms with Crippen molar-refractivity contribution >= 4 is 17.4 Å². The number of nitrogens with one attached hydrogen (secondary N) is 3. The number of aliphatic hydroxyl groups excluding tert-OH is 1. The zero-order valence-corrected chi connectivity index (χ0v) is 17.9. The Morgan fingerprint density at radius 1 is 1.12 bits per heavy atom. The molecule has 0 radical (unpaired) electrons. The van der Waals surface area contributed by atoms with Crippen LogP contribution in [0.4, 0.5) is 20.6 Å². The standard InChI is InChI=1S/C25H24FN5O2/c26-24-14-23(20(16-32)15-29-24)31-25(33)30-22-8-11-28-21(13-22)5-4-17-2-1-3-19(12-17)18-6-9-27-10-7-18/h1-3,8,11-15,18,27,32H,6-7,9-10,16H2,(H2,28,29,30,31,33). The zero-order chi connectivity index (χ0) is 23.0. The molecular weight excluding hydrogens is 421 g/mol. The highest BCUT2D eigenvalue weighted by Crippen LogP contribution is 2.25. The Morgan fingerprint density at radius 3 is 2.79 bits per heavy atom. The molecule has 4 N–H and O–H groups in total. The summed E-state index contributed by atoms with van der Waals surface area (Å²) in [6.07, 6.45) is 4.97. The number of amides is 2. The molecular formula is C25H24FN5O2. The number of rotatable bonds is 4. The average Bonchev–Trinajstić information content (AvgIpc) is 2.84. The minimum absolute atomic E-state index is 0.144. The number of pyridine rings is 2. The Labute approximate surface area is 191 Å². The summed E-state index contributed by atoms with van der Waals surface area (Å²) in [5.41, 5.74) is 3.66. The summed E-state index contributed by atoms with van der Waals surface area (Å²) >= 11 is 0. The van der Waals surface area contributed by atoms with Crippen molar-refractivity contribution in [2.45, 2.75) is 25.4 Å². The van der Waals surface area contributed by atoms with Gasteiger partial charge in [0.1, 0.15) is 5.69 Å². The topological polar surface area (TPSA) is 99.2 Å². The summed E-state index contributed by atoms with van der Waals surface area (Å²) in [5.74, 6) is 5.99. The number of carbonyl (C=O) groups is 1. The molecule has 1 fully saturated rings.